The third kappa shape index (κ3) is 3.01. The summed E-state index contributed by atoms with van der Waals surface area (Å²) in [5.41, 5.74) is 7.03. The third-order valence-corrected chi connectivity index (χ3v) is 4.65. The Hall–Kier alpha value is -0.670. The Morgan fingerprint density at radius 1 is 1.33 bits per heavy atom. The van der Waals surface area contributed by atoms with E-state index in [1.807, 2.05) is 0 Å². The van der Waals surface area contributed by atoms with Gasteiger partial charge in [-0.1, -0.05) is 19.4 Å². The van der Waals surface area contributed by atoms with Gasteiger partial charge >= 0.3 is 0 Å². The zero-order chi connectivity index (χ0) is 13.0. The molecule has 1 aliphatic rings. The van der Waals surface area contributed by atoms with Crippen LogP contribution in [0, 0.1) is 5.92 Å². The van der Waals surface area contributed by atoms with Crippen molar-refractivity contribution in [3.05, 3.63) is 23.8 Å². The summed E-state index contributed by atoms with van der Waals surface area (Å²) in [4.78, 5) is 1.23. The molecular formula is C15H23NOS. The number of rotatable bonds is 4. The van der Waals surface area contributed by atoms with Gasteiger partial charge in [-0.15, -0.1) is 11.8 Å². The largest absolute Gasteiger partial charge is 0.490 e. The quantitative estimate of drug-likeness (QED) is 0.840. The number of benzene rings is 1. The molecule has 1 aromatic rings. The highest BCUT2D eigenvalue weighted by molar-refractivity contribution is 7.98. The fraction of sp³-hybridized carbons (Fsp3) is 0.600. The van der Waals surface area contributed by atoms with Gasteiger partial charge in [-0.05, 0) is 43.6 Å². The van der Waals surface area contributed by atoms with Crippen LogP contribution in [0.5, 0.6) is 5.75 Å². The normalized spacial score (nSPS) is 23.9. The van der Waals surface area contributed by atoms with Gasteiger partial charge in [0.1, 0.15) is 11.9 Å². The number of hydrogen-bond donors (Lipinski definition) is 1. The number of hydrogen-bond acceptors (Lipinski definition) is 3. The summed E-state index contributed by atoms with van der Waals surface area (Å²) in [6.45, 7) is 2.85. The van der Waals surface area contributed by atoms with E-state index in [9.17, 15) is 0 Å². The van der Waals surface area contributed by atoms with Gasteiger partial charge in [0.2, 0.25) is 0 Å². The van der Waals surface area contributed by atoms with Gasteiger partial charge in [0.15, 0.2) is 0 Å². The smallest absolute Gasteiger partial charge is 0.125 e. The van der Waals surface area contributed by atoms with Gasteiger partial charge in [-0.25, -0.2) is 0 Å². The molecule has 2 rings (SSSR count). The summed E-state index contributed by atoms with van der Waals surface area (Å²) >= 11 is 1.74. The minimum atomic E-state index is 0.362. The van der Waals surface area contributed by atoms with Gasteiger partial charge in [-0.3, -0.25) is 0 Å². The van der Waals surface area contributed by atoms with E-state index in [0.717, 1.165) is 11.3 Å². The van der Waals surface area contributed by atoms with E-state index >= 15 is 0 Å². The molecule has 0 spiro atoms. The Morgan fingerprint density at radius 2 is 2.11 bits per heavy atom. The molecule has 0 radical (unpaired) electrons. The minimum Gasteiger partial charge on any atom is -0.490 e. The SMILES string of the molecule is CSc1cccc(OC2CCCCC2C)c1CN. The summed E-state index contributed by atoms with van der Waals surface area (Å²) in [7, 11) is 0. The first-order chi connectivity index (χ1) is 8.76. The summed E-state index contributed by atoms with van der Waals surface area (Å²) in [5, 5.41) is 0. The molecule has 1 saturated carbocycles. The van der Waals surface area contributed by atoms with Crippen molar-refractivity contribution >= 4 is 11.8 Å². The number of nitrogens with two attached hydrogens (primary N) is 1. The van der Waals surface area contributed by atoms with Gasteiger partial charge in [-0.2, -0.15) is 0 Å². The van der Waals surface area contributed by atoms with Crippen LogP contribution >= 0.6 is 11.8 Å². The predicted octanol–water partition coefficient (Wildman–Crippen LogP) is 3.82. The fourth-order valence-electron chi connectivity index (χ4n) is 2.67. The number of thioether (sulfide) groups is 1. The Balaban J connectivity index is 2.17. The average molecular weight is 265 g/mol. The topological polar surface area (TPSA) is 35.2 Å². The molecule has 0 aliphatic heterocycles. The van der Waals surface area contributed by atoms with E-state index in [1.54, 1.807) is 11.8 Å². The van der Waals surface area contributed by atoms with Crippen molar-refractivity contribution in [3.63, 3.8) is 0 Å². The summed E-state index contributed by atoms with van der Waals surface area (Å²) in [6.07, 6.45) is 7.53. The standard InChI is InChI=1S/C15H23NOS/c1-11-6-3-4-7-13(11)17-14-8-5-9-15(18-2)12(14)10-16/h5,8-9,11,13H,3-4,6-7,10,16H2,1-2H3. The van der Waals surface area contributed by atoms with Gasteiger partial charge in [0, 0.05) is 17.0 Å². The fourth-order valence-corrected chi connectivity index (χ4v) is 3.31. The zero-order valence-electron chi connectivity index (χ0n) is 11.3. The lowest BCUT2D eigenvalue weighted by atomic mass is 9.88. The van der Waals surface area contributed by atoms with Gasteiger partial charge in [0.05, 0.1) is 0 Å². The molecule has 1 fully saturated rings. The van der Waals surface area contributed by atoms with Crippen molar-refractivity contribution in [1.82, 2.24) is 0 Å². The monoisotopic (exact) mass is 265 g/mol. The maximum Gasteiger partial charge on any atom is 0.125 e. The van der Waals surface area contributed by atoms with E-state index < -0.39 is 0 Å². The second kappa shape index (κ2) is 6.48. The molecule has 1 aromatic carbocycles. The highest BCUT2D eigenvalue weighted by atomic mass is 32.2. The van der Waals surface area contributed by atoms with Gasteiger partial charge < -0.3 is 10.5 Å². The maximum atomic E-state index is 6.24. The molecule has 2 unspecified atom stereocenters. The maximum absolute atomic E-state index is 6.24. The van der Waals surface area contributed by atoms with Crippen LogP contribution in [0.4, 0.5) is 0 Å². The first-order valence-corrected chi connectivity index (χ1v) is 8.01. The molecule has 0 aromatic heterocycles. The van der Waals surface area contributed by atoms with Crippen molar-refractivity contribution < 1.29 is 4.74 Å². The van der Waals surface area contributed by atoms with Crippen LogP contribution in [0.25, 0.3) is 0 Å². The molecule has 2 N–H and O–H groups in total. The lowest BCUT2D eigenvalue weighted by molar-refractivity contribution is 0.101. The Morgan fingerprint density at radius 3 is 2.78 bits per heavy atom. The molecule has 18 heavy (non-hydrogen) atoms. The molecule has 100 valence electrons. The summed E-state index contributed by atoms with van der Waals surface area (Å²) < 4.78 is 6.24. The lowest BCUT2D eigenvalue weighted by Gasteiger charge is -2.30. The van der Waals surface area contributed by atoms with Crippen LogP contribution in [-0.4, -0.2) is 12.4 Å². The van der Waals surface area contributed by atoms with E-state index in [-0.39, 0.29) is 0 Å². The van der Waals surface area contributed by atoms with Crippen LogP contribution < -0.4 is 10.5 Å². The highest BCUT2D eigenvalue weighted by Gasteiger charge is 2.23. The second-order valence-corrected chi connectivity index (χ2v) is 5.91. The minimum absolute atomic E-state index is 0.362. The Bertz CT molecular complexity index is 394. The van der Waals surface area contributed by atoms with Crippen molar-refractivity contribution in [1.29, 1.82) is 0 Å². The van der Waals surface area contributed by atoms with Crippen molar-refractivity contribution in [2.45, 2.75) is 50.2 Å². The Kier molecular flexibility index (Phi) is 4.95. The van der Waals surface area contributed by atoms with Crippen LogP contribution in [0.15, 0.2) is 23.1 Å². The van der Waals surface area contributed by atoms with Crippen molar-refractivity contribution in [2.24, 2.45) is 11.7 Å². The molecule has 1 aliphatic carbocycles. The summed E-state index contributed by atoms with van der Waals surface area (Å²) in [6, 6.07) is 6.24. The summed E-state index contributed by atoms with van der Waals surface area (Å²) in [5.74, 6) is 1.64. The molecule has 3 heteroatoms. The lowest BCUT2D eigenvalue weighted by Crippen LogP contribution is -2.28. The van der Waals surface area contributed by atoms with Gasteiger partial charge in [0.25, 0.3) is 0 Å². The Labute approximate surface area is 114 Å². The second-order valence-electron chi connectivity index (χ2n) is 5.06. The average Bonchev–Trinajstić information content (AvgIpc) is 2.41. The van der Waals surface area contributed by atoms with E-state index in [1.165, 1.54) is 30.6 Å². The third-order valence-electron chi connectivity index (χ3n) is 3.83. The van der Waals surface area contributed by atoms with Crippen molar-refractivity contribution in [3.8, 4) is 5.75 Å². The van der Waals surface area contributed by atoms with E-state index in [2.05, 4.69) is 31.4 Å². The van der Waals surface area contributed by atoms with Crippen LogP contribution in [0.1, 0.15) is 38.2 Å². The molecular weight excluding hydrogens is 242 g/mol. The van der Waals surface area contributed by atoms with Crippen LogP contribution in [0.2, 0.25) is 0 Å². The molecule has 0 amide bonds. The molecule has 0 saturated heterocycles. The molecule has 2 atom stereocenters. The zero-order valence-corrected chi connectivity index (χ0v) is 12.1. The number of ether oxygens (including phenoxy) is 1. The first-order valence-electron chi connectivity index (χ1n) is 6.79. The first kappa shape index (κ1) is 13.8. The van der Waals surface area contributed by atoms with Crippen LogP contribution in [-0.2, 0) is 6.54 Å². The van der Waals surface area contributed by atoms with E-state index in [4.69, 9.17) is 10.5 Å². The molecule has 2 nitrogen and oxygen atoms in total. The molecule has 0 bridgehead atoms. The highest BCUT2D eigenvalue weighted by Crippen LogP contribution is 2.33. The van der Waals surface area contributed by atoms with E-state index in [0.29, 0.717) is 18.6 Å². The van der Waals surface area contributed by atoms with Crippen LogP contribution in [0.3, 0.4) is 0 Å². The van der Waals surface area contributed by atoms with Crippen molar-refractivity contribution in [2.75, 3.05) is 6.26 Å². The predicted molar refractivity (Wildman–Crippen MR) is 78.2 cm³/mol. The molecule has 0 heterocycles.